The molecule has 9 nitrogen and oxygen atoms in total. The summed E-state index contributed by atoms with van der Waals surface area (Å²) in [6.45, 7) is 1.91. The van der Waals surface area contributed by atoms with Crippen molar-refractivity contribution in [1.82, 2.24) is 4.98 Å². The van der Waals surface area contributed by atoms with E-state index in [0.29, 0.717) is 40.2 Å². The Morgan fingerprint density at radius 1 is 1.12 bits per heavy atom. The minimum absolute atomic E-state index is 0.114. The van der Waals surface area contributed by atoms with Gasteiger partial charge >= 0.3 is 5.97 Å². The van der Waals surface area contributed by atoms with Crippen LogP contribution in [0.15, 0.2) is 59.0 Å². The smallest absolute Gasteiger partial charge is 0.311 e. The van der Waals surface area contributed by atoms with Crippen molar-refractivity contribution in [3.63, 3.8) is 0 Å². The molecule has 0 unspecified atom stereocenters. The molecule has 0 aliphatic carbocycles. The van der Waals surface area contributed by atoms with Gasteiger partial charge in [-0.1, -0.05) is 24.3 Å². The summed E-state index contributed by atoms with van der Waals surface area (Å²) < 4.78 is 15.8. The molecule has 0 radical (unpaired) electrons. The maximum absolute atomic E-state index is 12.3. The Morgan fingerprint density at radius 2 is 1.88 bits per heavy atom. The first kappa shape index (κ1) is 23.7. The molecule has 3 rings (SSSR count). The van der Waals surface area contributed by atoms with E-state index in [9.17, 15) is 9.59 Å². The van der Waals surface area contributed by atoms with Crippen LogP contribution in [-0.4, -0.2) is 43.4 Å². The molecule has 0 fully saturated rings. The molecule has 0 spiro atoms. The Balaban J connectivity index is 1.55. The molecule has 2 N–H and O–H groups in total. The highest BCUT2D eigenvalue weighted by Gasteiger charge is 2.10. The largest absolute Gasteiger partial charge is 0.495 e. The fraction of sp³-hybridized carbons (Fsp3) is 0.217. The van der Waals surface area contributed by atoms with Crippen LogP contribution in [0.4, 0.5) is 10.8 Å². The number of nitrogens with one attached hydrogen (secondary N) is 2. The van der Waals surface area contributed by atoms with Gasteiger partial charge < -0.3 is 19.5 Å². The van der Waals surface area contributed by atoms with E-state index in [1.807, 2.05) is 18.2 Å². The molecule has 1 heterocycles. The minimum atomic E-state index is -0.321. The lowest BCUT2D eigenvalue weighted by Crippen LogP contribution is -2.20. The number of thiazole rings is 1. The number of hydrazone groups is 1. The van der Waals surface area contributed by atoms with Gasteiger partial charge in [0.15, 0.2) is 6.61 Å². The number of carbonyl (C=O) groups is 2. The summed E-state index contributed by atoms with van der Waals surface area (Å²) in [5.41, 5.74) is 4.69. The second-order valence-corrected chi connectivity index (χ2v) is 7.43. The molecule has 33 heavy (non-hydrogen) atoms. The second kappa shape index (κ2) is 12.2. The Bertz CT molecular complexity index is 1120. The highest BCUT2D eigenvalue weighted by Crippen LogP contribution is 2.23. The standard InChI is InChI=1S/C23H24N4O5S/c1-3-31-22(29)12-17-15-33-23(25-17)27-24-13-16-8-4-6-10-19(16)32-14-21(28)26-18-9-5-7-11-20(18)30-2/h4-11,13,15H,3,12,14H2,1-2H3,(H,25,27)(H,26,28). The lowest BCUT2D eigenvalue weighted by molar-refractivity contribution is -0.142. The number of amides is 1. The van der Waals surface area contributed by atoms with Crippen LogP contribution in [-0.2, 0) is 20.7 Å². The van der Waals surface area contributed by atoms with Gasteiger partial charge in [-0.15, -0.1) is 11.3 Å². The summed E-state index contributed by atoms with van der Waals surface area (Å²) in [7, 11) is 1.54. The van der Waals surface area contributed by atoms with Crippen LogP contribution >= 0.6 is 11.3 Å². The summed E-state index contributed by atoms with van der Waals surface area (Å²) in [5, 5.41) is 9.26. The molecular formula is C23H24N4O5S. The first-order valence-corrected chi connectivity index (χ1v) is 11.0. The van der Waals surface area contributed by atoms with Crippen molar-refractivity contribution < 1.29 is 23.8 Å². The summed E-state index contributed by atoms with van der Waals surface area (Å²) in [5.74, 6) is 0.428. The van der Waals surface area contributed by atoms with Crippen molar-refractivity contribution in [1.29, 1.82) is 0 Å². The van der Waals surface area contributed by atoms with Gasteiger partial charge in [0.1, 0.15) is 11.5 Å². The monoisotopic (exact) mass is 468 g/mol. The van der Waals surface area contributed by atoms with Crippen molar-refractivity contribution in [3.05, 3.63) is 65.2 Å². The van der Waals surface area contributed by atoms with Crippen molar-refractivity contribution in [2.75, 3.05) is 31.1 Å². The maximum atomic E-state index is 12.3. The third-order valence-electron chi connectivity index (χ3n) is 4.21. The van der Waals surface area contributed by atoms with E-state index in [2.05, 4.69) is 20.8 Å². The van der Waals surface area contributed by atoms with Gasteiger partial charge in [-0.05, 0) is 31.2 Å². The van der Waals surface area contributed by atoms with E-state index >= 15 is 0 Å². The van der Waals surface area contributed by atoms with Crippen LogP contribution in [0.25, 0.3) is 0 Å². The average molecular weight is 469 g/mol. The average Bonchev–Trinajstić information content (AvgIpc) is 3.26. The van der Waals surface area contributed by atoms with Gasteiger partial charge in [-0.3, -0.25) is 15.0 Å². The van der Waals surface area contributed by atoms with Crippen LogP contribution < -0.4 is 20.2 Å². The molecule has 10 heteroatoms. The van der Waals surface area contributed by atoms with E-state index in [-0.39, 0.29) is 24.9 Å². The highest BCUT2D eigenvalue weighted by molar-refractivity contribution is 7.13. The highest BCUT2D eigenvalue weighted by atomic mass is 32.1. The van der Waals surface area contributed by atoms with E-state index in [1.165, 1.54) is 18.4 Å². The number of aromatic nitrogens is 1. The number of benzene rings is 2. The van der Waals surface area contributed by atoms with E-state index in [1.54, 1.807) is 48.9 Å². The molecule has 3 aromatic rings. The van der Waals surface area contributed by atoms with Crippen molar-refractivity contribution in [2.45, 2.75) is 13.3 Å². The number of esters is 1. The molecule has 0 saturated carbocycles. The molecular weight excluding hydrogens is 444 g/mol. The molecule has 0 aliphatic rings. The number of methoxy groups -OCH3 is 1. The predicted molar refractivity (Wildman–Crippen MR) is 127 cm³/mol. The number of hydrogen-bond donors (Lipinski definition) is 2. The third-order valence-corrected chi connectivity index (χ3v) is 5.00. The van der Waals surface area contributed by atoms with Crippen LogP contribution in [0.1, 0.15) is 18.2 Å². The molecule has 2 aromatic carbocycles. The van der Waals surface area contributed by atoms with Crippen molar-refractivity contribution >= 4 is 40.2 Å². The molecule has 1 amide bonds. The number of rotatable bonds is 11. The van der Waals surface area contributed by atoms with E-state index < -0.39 is 0 Å². The quantitative estimate of drug-likeness (QED) is 0.251. The number of nitrogens with zero attached hydrogens (tertiary/aromatic N) is 2. The molecule has 172 valence electrons. The van der Waals surface area contributed by atoms with E-state index in [4.69, 9.17) is 14.2 Å². The van der Waals surface area contributed by atoms with Crippen LogP contribution in [0.2, 0.25) is 0 Å². The zero-order chi connectivity index (χ0) is 23.5. The Labute approximate surface area is 195 Å². The zero-order valence-electron chi connectivity index (χ0n) is 18.2. The first-order chi connectivity index (χ1) is 16.1. The number of para-hydroxylation sites is 3. The predicted octanol–water partition coefficient (Wildman–Crippen LogP) is 3.72. The lowest BCUT2D eigenvalue weighted by Gasteiger charge is -2.11. The molecule has 1 aromatic heterocycles. The van der Waals surface area contributed by atoms with Crippen LogP contribution in [0, 0.1) is 0 Å². The normalized spacial score (nSPS) is 10.6. The van der Waals surface area contributed by atoms with E-state index in [0.717, 1.165) is 0 Å². The number of anilines is 2. The molecule has 0 aliphatic heterocycles. The fourth-order valence-corrected chi connectivity index (χ4v) is 3.41. The van der Waals surface area contributed by atoms with Gasteiger partial charge in [-0.2, -0.15) is 5.10 Å². The number of hydrogen-bond acceptors (Lipinski definition) is 9. The second-order valence-electron chi connectivity index (χ2n) is 6.57. The summed E-state index contributed by atoms with van der Waals surface area (Å²) in [6, 6.07) is 14.3. The first-order valence-electron chi connectivity index (χ1n) is 10.1. The van der Waals surface area contributed by atoms with Crippen molar-refractivity contribution in [3.8, 4) is 11.5 Å². The number of ether oxygens (including phenoxy) is 3. The minimum Gasteiger partial charge on any atom is -0.495 e. The Morgan fingerprint density at radius 3 is 2.67 bits per heavy atom. The van der Waals surface area contributed by atoms with Crippen LogP contribution in [0.5, 0.6) is 11.5 Å². The number of carbonyl (C=O) groups excluding carboxylic acids is 2. The van der Waals surface area contributed by atoms with Crippen molar-refractivity contribution in [2.24, 2.45) is 5.10 Å². The lowest BCUT2D eigenvalue weighted by atomic mass is 10.2. The molecule has 0 atom stereocenters. The SMILES string of the molecule is CCOC(=O)Cc1csc(NN=Cc2ccccc2OCC(=O)Nc2ccccc2OC)n1. The Kier molecular flexibility index (Phi) is 8.78. The van der Waals surface area contributed by atoms with Gasteiger partial charge in [0, 0.05) is 10.9 Å². The Hall–Kier alpha value is -3.92. The summed E-state index contributed by atoms with van der Waals surface area (Å²) >= 11 is 1.33. The van der Waals surface area contributed by atoms with Gasteiger partial charge in [0.2, 0.25) is 5.13 Å². The molecule has 0 bridgehead atoms. The van der Waals surface area contributed by atoms with Gasteiger partial charge in [0.25, 0.3) is 5.91 Å². The van der Waals surface area contributed by atoms with Crippen LogP contribution in [0.3, 0.4) is 0 Å². The topological polar surface area (TPSA) is 111 Å². The summed E-state index contributed by atoms with van der Waals surface area (Å²) in [6.07, 6.45) is 1.68. The zero-order valence-corrected chi connectivity index (χ0v) is 19.1. The molecule has 0 saturated heterocycles. The summed E-state index contributed by atoms with van der Waals surface area (Å²) in [4.78, 5) is 28.2. The van der Waals surface area contributed by atoms with Gasteiger partial charge in [0.05, 0.1) is 37.7 Å². The van der Waals surface area contributed by atoms with Gasteiger partial charge in [-0.25, -0.2) is 4.98 Å². The third kappa shape index (κ3) is 7.32. The fourth-order valence-electron chi connectivity index (χ4n) is 2.75. The maximum Gasteiger partial charge on any atom is 0.311 e.